The monoisotopic (exact) mass is 387 g/mol. The first kappa shape index (κ1) is 18.2. The topological polar surface area (TPSA) is 73.3 Å². The van der Waals surface area contributed by atoms with Crippen molar-refractivity contribution in [2.45, 2.75) is 5.03 Å². The maximum atomic E-state index is 12.1. The Morgan fingerprint density at radius 3 is 2.62 bits per heavy atom. The lowest BCUT2D eigenvalue weighted by atomic mass is 10.2. The normalized spacial score (nSPS) is 10.4. The molecule has 0 unspecified atom stereocenters. The second kappa shape index (κ2) is 8.68. The predicted molar refractivity (Wildman–Crippen MR) is 104 cm³/mol. The number of nitrogens with one attached hydrogen (secondary N) is 1. The molecule has 134 valence electrons. The van der Waals surface area contributed by atoms with Crippen molar-refractivity contribution in [1.82, 2.24) is 10.2 Å². The number of amides is 1. The molecule has 0 saturated heterocycles. The second-order valence-electron chi connectivity index (χ2n) is 5.14. The van der Waals surface area contributed by atoms with Gasteiger partial charge in [-0.15, -0.1) is 21.5 Å². The Labute approximate surface area is 159 Å². The third kappa shape index (κ3) is 4.53. The summed E-state index contributed by atoms with van der Waals surface area (Å²) in [4.78, 5) is 13.2. The molecule has 3 rings (SSSR count). The van der Waals surface area contributed by atoms with Crippen LogP contribution in [0.15, 0.2) is 52.9 Å². The van der Waals surface area contributed by atoms with E-state index in [1.54, 1.807) is 43.8 Å². The summed E-state index contributed by atoms with van der Waals surface area (Å²) < 4.78 is 10.4. The van der Waals surface area contributed by atoms with Crippen LogP contribution in [0.4, 0.5) is 5.69 Å². The number of ether oxygens (including phenoxy) is 2. The lowest BCUT2D eigenvalue weighted by molar-refractivity contribution is -0.113. The van der Waals surface area contributed by atoms with Crippen molar-refractivity contribution >= 4 is 34.7 Å². The van der Waals surface area contributed by atoms with E-state index in [0.29, 0.717) is 22.2 Å². The molecule has 0 atom stereocenters. The molecule has 1 aromatic carbocycles. The quantitative estimate of drug-likeness (QED) is 0.619. The summed E-state index contributed by atoms with van der Waals surface area (Å²) in [6, 6.07) is 13.0. The molecule has 26 heavy (non-hydrogen) atoms. The van der Waals surface area contributed by atoms with Gasteiger partial charge < -0.3 is 14.8 Å². The molecule has 0 spiro atoms. The van der Waals surface area contributed by atoms with Crippen molar-refractivity contribution in [1.29, 1.82) is 0 Å². The van der Waals surface area contributed by atoms with Gasteiger partial charge in [-0.3, -0.25) is 4.79 Å². The Hall–Kier alpha value is -2.58. The van der Waals surface area contributed by atoms with E-state index >= 15 is 0 Å². The van der Waals surface area contributed by atoms with Crippen LogP contribution in [-0.4, -0.2) is 36.1 Å². The van der Waals surface area contributed by atoms with E-state index in [1.165, 1.54) is 11.8 Å². The first-order valence-corrected chi connectivity index (χ1v) is 9.58. The van der Waals surface area contributed by atoms with Gasteiger partial charge in [-0.25, -0.2) is 0 Å². The number of hydrogen-bond acceptors (Lipinski definition) is 7. The van der Waals surface area contributed by atoms with Gasteiger partial charge in [0, 0.05) is 11.8 Å². The molecule has 3 aromatic rings. The minimum absolute atomic E-state index is 0.133. The van der Waals surface area contributed by atoms with Gasteiger partial charge >= 0.3 is 0 Å². The van der Waals surface area contributed by atoms with Gasteiger partial charge in [-0.1, -0.05) is 17.8 Å². The average Bonchev–Trinajstić information content (AvgIpc) is 3.21. The Morgan fingerprint density at radius 1 is 1.12 bits per heavy atom. The zero-order valence-electron chi connectivity index (χ0n) is 14.3. The molecule has 2 heterocycles. The largest absolute Gasteiger partial charge is 0.493 e. The summed E-state index contributed by atoms with van der Waals surface area (Å²) in [7, 11) is 3.12. The number of benzene rings is 1. The molecule has 1 amide bonds. The molecule has 0 radical (unpaired) electrons. The van der Waals surface area contributed by atoms with E-state index in [2.05, 4.69) is 15.5 Å². The Balaban J connectivity index is 1.55. The van der Waals surface area contributed by atoms with Gasteiger partial charge in [-0.05, 0) is 35.7 Å². The third-order valence-corrected chi connectivity index (χ3v) is 5.24. The van der Waals surface area contributed by atoms with Crippen LogP contribution in [0.5, 0.6) is 11.5 Å². The van der Waals surface area contributed by atoms with Crippen molar-refractivity contribution in [3.63, 3.8) is 0 Å². The van der Waals surface area contributed by atoms with E-state index in [0.717, 1.165) is 10.6 Å². The zero-order valence-corrected chi connectivity index (χ0v) is 15.9. The van der Waals surface area contributed by atoms with E-state index < -0.39 is 0 Å². The van der Waals surface area contributed by atoms with E-state index in [1.807, 2.05) is 29.6 Å². The summed E-state index contributed by atoms with van der Waals surface area (Å²) >= 11 is 2.95. The van der Waals surface area contributed by atoms with E-state index in [-0.39, 0.29) is 11.7 Å². The van der Waals surface area contributed by atoms with Crippen molar-refractivity contribution in [2.75, 3.05) is 25.3 Å². The highest BCUT2D eigenvalue weighted by Crippen LogP contribution is 2.30. The molecule has 0 aliphatic rings. The lowest BCUT2D eigenvalue weighted by Crippen LogP contribution is -2.14. The molecular formula is C18H17N3O3S2. The van der Waals surface area contributed by atoms with Crippen molar-refractivity contribution in [2.24, 2.45) is 0 Å². The van der Waals surface area contributed by atoms with Gasteiger partial charge in [0.1, 0.15) is 10.7 Å². The van der Waals surface area contributed by atoms with Gasteiger partial charge in [0.25, 0.3) is 0 Å². The second-order valence-corrected chi connectivity index (χ2v) is 7.08. The minimum atomic E-state index is -0.133. The standard InChI is InChI=1S/C18H17N3O3S2/c1-23-14-7-5-12(10-15(14)24-2)19-17(22)11-26-18-8-6-13(20-21-18)16-4-3-9-25-16/h3-10H,11H2,1-2H3,(H,19,22). The van der Waals surface area contributed by atoms with Gasteiger partial charge in [0.2, 0.25) is 5.91 Å². The number of methoxy groups -OCH3 is 2. The molecule has 0 aliphatic carbocycles. The molecule has 2 aromatic heterocycles. The first-order valence-electron chi connectivity index (χ1n) is 7.72. The number of rotatable bonds is 7. The fourth-order valence-electron chi connectivity index (χ4n) is 2.20. The maximum Gasteiger partial charge on any atom is 0.234 e. The van der Waals surface area contributed by atoms with Gasteiger partial charge in [0.05, 0.1) is 24.8 Å². The summed E-state index contributed by atoms with van der Waals surface area (Å²) in [6.07, 6.45) is 0. The number of anilines is 1. The van der Waals surface area contributed by atoms with Crippen molar-refractivity contribution in [3.8, 4) is 22.1 Å². The molecule has 0 fully saturated rings. The summed E-state index contributed by atoms with van der Waals surface area (Å²) in [6.45, 7) is 0. The van der Waals surface area contributed by atoms with E-state index in [4.69, 9.17) is 9.47 Å². The number of nitrogens with zero attached hydrogens (tertiary/aromatic N) is 2. The van der Waals surface area contributed by atoms with Crippen LogP contribution < -0.4 is 14.8 Å². The molecular weight excluding hydrogens is 370 g/mol. The summed E-state index contributed by atoms with van der Waals surface area (Å²) in [5.74, 6) is 1.28. The average molecular weight is 387 g/mol. The molecule has 0 bridgehead atoms. The van der Waals surface area contributed by atoms with Crippen LogP contribution in [0, 0.1) is 0 Å². The highest BCUT2D eigenvalue weighted by atomic mass is 32.2. The number of thiophene rings is 1. The number of carbonyl (C=O) groups is 1. The zero-order chi connectivity index (χ0) is 18.4. The Morgan fingerprint density at radius 2 is 1.96 bits per heavy atom. The minimum Gasteiger partial charge on any atom is -0.493 e. The van der Waals surface area contributed by atoms with Crippen molar-refractivity contribution in [3.05, 3.63) is 47.8 Å². The van der Waals surface area contributed by atoms with Crippen LogP contribution in [0.1, 0.15) is 0 Å². The van der Waals surface area contributed by atoms with Gasteiger partial charge in [0.15, 0.2) is 11.5 Å². The molecule has 8 heteroatoms. The number of thioether (sulfide) groups is 1. The van der Waals surface area contributed by atoms with Gasteiger partial charge in [-0.2, -0.15) is 0 Å². The Bertz CT molecular complexity index is 868. The van der Waals surface area contributed by atoms with Crippen LogP contribution in [0.25, 0.3) is 10.6 Å². The summed E-state index contributed by atoms with van der Waals surface area (Å²) in [5.41, 5.74) is 1.48. The number of carbonyl (C=O) groups excluding carboxylic acids is 1. The molecule has 1 N–H and O–H groups in total. The molecule has 0 aliphatic heterocycles. The molecule has 0 saturated carbocycles. The third-order valence-electron chi connectivity index (χ3n) is 3.43. The Kier molecular flexibility index (Phi) is 6.08. The predicted octanol–water partition coefficient (Wildman–Crippen LogP) is 3.95. The molecule has 6 nitrogen and oxygen atoms in total. The first-order chi connectivity index (χ1) is 12.7. The van der Waals surface area contributed by atoms with E-state index in [9.17, 15) is 4.79 Å². The number of hydrogen-bond donors (Lipinski definition) is 1. The fraction of sp³-hybridized carbons (Fsp3) is 0.167. The van der Waals surface area contributed by atoms with Crippen LogP contribution in [0.2, 0.25) is 0 Å². The highest BCUT2D eigenvalue weighted by molar-refractivity contribution is 7.99. The van der Waals surface area contributed by atoms with Crippen LogP contribution in [0.3, 0.4) is 0 Å². The fourth-order valence-corrected chi connectivity index (χ4v) is 3.51. The SMILES string of the molecule is COc1ccc(NC(=O)CSc2ccc(-c3cccs3)nn2)cc1OC. The van der Waals surface area contributed by atoms with Crippen LogP contribution in [-0.2, 0) is 4.79 Å². The lowest BCUT2D eigenvalue weighted by Gasteiger charge is -2.10. The highest BCUT2D eigenvalue weighted by Gasteiger charge is 2.09. The smallest absolute Gasteiger partial charge is 0.234 e. The summed E-state index contributed by atoms with van der Waals surface area (Å²) in [5, 5.41) is 13.9. The van der Waals surface area contributed by atoms with Crippen molar-refractivity contribution < 1.29 is 14.3 Å². The van der Waals surface area contributed by atoms with Crippen LogP contribution >= 0.6 is 23.1 Å². The number of aromatic nitrogens is 2. The maximum absolute atomic E-state index is 12.1.